The van der Waals surface area contributed by atoms with Crippen LogP contribution in [0.4, 0.5) is 0 Å². The summed E-state index contributed by atoms with van der Waals surface area (Å²) in [7, 11) is 0. The smallest absolute Gasteiger partial charge is 0.222 e. The first-order valence-corrected chi connectivity index (χ1v) is 7.69. The van der Waals surface area contributed by atoms with Crippen LogP contribution in [0.25, 0.3) is 0 Å². The van der Waals surface area contributed by atoms with Crippen LogP contribution >= 0.6 is 15.9 Å². The van der Waals surface area contributed by atoms with E-state index < -0.39 is 0 Å². The number of rotatable bonds is 7. The lowest BCUT2D eigenvalue weighted by Gasteiger charge is -2.20. The van der Waals surface area contributed by atoms with E-state index in [1.54, 1.807) is 0 Å². The number of alkyl halides is 1. The van der Waals surface area contributed by atoms with Gasteiger partial charge in [0.2, 0.25) is 5.91 Å². The summed E-state index contributed by atoms with van der Waals surface area (Å²) < 4.78 is 0. The summed E-state index contributed by atoms with van der Waals surface area (Å²) in [6, 6.07) is 8.28. The van der Waals surface area contributed by atoms with Crippen LogP contribution < -0.4 is 0 Å². The number of carbonyl (C=O) groups is 1. The lowest BCUT2D eigenvalue weighted by Crippen LogP contribution is -2.32. The molecule has 0 saturated heterocycles. The van der Waals surface area contributed by atoms with E-state index in [9.17, 15) is 4.79 Å². The quantitative estimate of drug-likeness (QED) is 0.705. The minimum atomic E-state index is 0.265. The number of hydrogen-bond acceptors (Lipinski definition) is 1. The molecule has 0 radical (unpaired) electrons. The number of hydrogen-bond donors (Lipinski definition) is 0. The first-order valence-electron chi connectivity index (χ1n) is 6.57. The SMILES string of the molecule is CCN(CCCBr)C(=O)CCc1ccccc1C. The number of halogens is 1. The molecule has 0 aliphatic rings. The van der Waals surface area contributed by atoms with Crippen LogP contribution in [0.5, 0.6) is 0 Å². The Morgan fingerprint density at radius 2 is 2.06 bits per heavy atom. The van der Waals surface area contributed by atoms with E-state index in [2.05, 4.69) is 35.0 Å². The van der Waals surface area contributed by atoms with Gasteiger partial charge in [-0.25, -0.2) is 0 Å². The Balaban J connectivity index is 2.47. The Morgan fingerprint density at radius 3 is 2.67 bits per heavy atom. The third-order valence-corrected chi connectivity index (χ3v) is 3.73. The molecule has 0 aliphatic carbocycles. The fraction of sp³-hybridized carbons (Fsp3) is 0.533. The van der Waals surface area contributed by atoms with E-state index >= 15 is 0 Å². The molecule has 0 spiro atoms. The molecule has 2 nitrogen and oxygen atoms in total. The van der Waals surface area contributed by atoms with Crippen LogP contribution in [0.15, 0.2) is 24.3 Å². The van der Waals surface area contributed by atoms with Crippen molar-refractivity contribution >= 4 is 21.8 Å². The first-order chi connectivity index (χ1) is 8.69. The molecule has 1 aromatic rings. The third kappa shape index (κ3) is 4.81. The molecule has 1 amide bonds. The van der Waals surface area contributed by atoms with E-state index in [4.69, 9.17) is 0 Å². The highest BCUT2D eigenvalue weighted by molar-refractivity contribution is 9.09. The van der Waals surface area contributed by atoms with Gasteiger partial charge in [0.1, 0.15) is 0 Å². The number of carbonyl (C=O) groups excluding carboxylic acids is 1. The predicted octanol–water partition coefficient (Wildman–Crippen LogP) is 3.56. The molecule has 0 unspecified atom stereocenters. The number of nitrogens with zero attached hydrogens (tertiary/aromatic N) is 1. The van der Waals surface area contributed by atoms with Crippen LogP contribution in [0.1, 0.15) is 30.9 Å². The van der Waals surface area contributed by atoms with Gasteiger partial charge in [0.05, 0.1) is 0 Å². The minimum Gasteiger partial charge on any atom is -0.343 e. The zero-order valence-electron chi connectivity index (χ0n) is 11.3. The third-order valence-electron chi connectivity index (χ3n) is 3.17. The van der Waals surface area contributed by atoms with Gasteiger partial charge in [0.25, 0.3) is 0 Å². The molecule has 0 fully saturated rings. The van der Waals surface area contributed by atoms with E-state index in [0.717, 1.165) is 31.3 Å². The number of aryl methyl sites for hydroxylation is 2. The van der Waals surface area contributed by atoms with Gasteiger partial charge in [0, 0.05) is 24.8 Å². The molecule has 0 aliphatic heterocycles. The topological polar surface area (TPSA) is 20.3 Å². The molecule has 1 rings (SSSR count). The highest BCUT2D eigenvalue weighted by Gasteiger charge is 2.11. The maximum atomic E-state index is 12.1. The zero-order chi connectivity index (χ0) is 13.4. The lowest BCUT2D eigenvalue weighted by molar-refractivity contribution is -0.131. The molecular formula is C15H22BrNO. The highest BCUT2D eigenvalue weighted by atomic mass is 79.9. The fourth-order valence-corrected chi connectivity index (χ4v) is 2.25. The monoisotopic (exact) mass is 311 g/mol. The summed E-state index contributed by atoms with van der Waals surface area (Å²) in [6.07, 6.45) is 2.47. The van der Waals surface area contributed by atoms with Gasteiger partial charge in [0.15, 0.2) is 0 Å². The molecule has 1 aromatic carbocycles. The van der Waals surface area contributed by atoms with Gasteiger partial charge < -0.3 is 4.90 Å². The van der Waals surface area contributed by atoms with Crippen molar-refractivity contribution in [2.24, 2.45) is 0 Å². The second-order valence-electron chi connectivity index (χ2n) is 4.44. The van der Waals surface area contributed by atoms with Gasteiger partial charge in [-0.2, -0.15) is 0 Å². The van der Waals surface area contributed by atoms with E-state index in [-0.39, 0.29) is 5.91 Å². The van der Waals surface area contributed by atoms with Gasteiger partial charge in [-0.3, -0.25) is 4.79 Å². The summed E-state index contributed by atoms with van der Waals surface area (Å²) in [6.45, 7) is 5.80. The first kappa shape index (κ1) is 15.2. The van der Waals surface area contributed by atoms with Crippen LogP contribution in [-0.4, -0.2) is 29.2 Å². The Bertz CT molecular complexity index is 379. The Kier molecular flexibility index (Phi) is 7.02. The molecular weight excluding hydrogens is 290 g/mol. The Labute approximate surface area is 119 Å². The molecule has 100 valence electrons. The molecule has 0 saturated carbocycles. The van der Waals surface area contributed by atoms with Gasteiger partial charge in [-0.1, -0.05) is 40.2 Å². The molecule has 18 heavy (non-hydrogen) atoms. The number of benzene rings is 1. The minimum absolute atomic E-state index is 0.265. The molecule has 0 N–H and O–H groups in total. The van der Waals surface area contributed by atoms with Crippen molar-refractivity contribution in [2.45, 2.75) is 33.1 Å². The molecule has 3 heteroatoms. The van der Waals surface area contributed by atoms with Crippen LogP contribution in [-0.2, 0) is 11.2 Å². The van der Waals surface area contributed by atoms with Gasteiger partial charge in [-0.05, 0) is 37.8 Å². The van der Waals surface area contributed by atoms with E-state index in [1.165, 1.54) is 11.1 Å². The van der Waals surface area contributed by atoms with Crippen LogP contribution in [0, 0.1) is 6.92 Å². The standard InChI is InChI=1S/C15H22BrNO/c1-3-17(12-6-11-16)15(18)10-9-14-8-5-4-7-13(14)2/h4-5,7-8H,3,6,9-12H2,1-2H3. The van der Waals surface area contributed by atoms with Crippen molar-refractivity contribution in [3.63, 3.8) is 0 Å². The van der Waals surface area contributed by atoms with E-state index in [0.29, 0.717) is 6.42 Å². The summed E-state index contributed by atoms with van der Waals surface area (Å²) in [5, 5.41) is 0.953. The average molecular weight is 312 g/mol. The maximum Gasteiger partial charge on any atom is 0.222 e. The molecule has 0 atom stereocenters. The summed E-state index contributed by atoms with van der Waals surface area (Å²) in [5.41, 5.74) is 2.55. The average Bonchev–Trinajstić information content (AvgIpc) is 2.38. The van der Waals surface area contributed by atoms with Crippen molar-refractivity contribution in [3.8, 4) is 0 Å². The normalized spacial score (nSPS) is 10.4. The van der Waals surface area contributed by atoms with Crippen molar-refractivity contribution in [2.75, 3.05) is 18.4 Å². The molecule has 0 aromatic heterocycles. The molecule has 0 heterocycles. The molecule has 0 bridgehead atoms. The summed E-state index contributed by atoms with van der Waals surface area (Å²) in [5.74, 6) is 0.265. The Hall–Kier alpha value is -0.830. The zero-order valence-corrected chi connectivity index (χ0v) is 12.9. The van der Waals surface area contributed by atoms with Crippen molar-refractivity contribution < 1.29 is 4.79 Å². The highest BCUT2D eigenvalue weighted by Crippen LogP contribution is 2.10. The largest absolute Gasteiger partial charge is 0.343 e. The van der Waals surface area contributed by atoms with Gasteiger partial charge in [-0.15, -0.1) is 0 Å². The van der Waals surface area contributed by atoms with E-state index in [1.807, 2.05) is 24.0 Å². The van der Waals surface area contributed by atoms with Crippen molar-refractivity contribution in [1.29, 1.82) is 0 Å². The van der Waals surface area contributed by atoms with Gasteiger partial charge >= 0.3 is 0 Å². The second-order valence-corrected chi connectivity index (χ2v) is 5.24. The fourth-order valence-electron chi connectivity index (χ4n) is 2.00. The predicted molar refractivity (Wildman–Crippen MR) is 80.2 cm³/mol. The Morgan fingerprint density at radius 1 is 1.33 bits per heavy atom. The van der Waals surface area contributed by atoms with Crippen molar-refractivity contribution in [1.82, 2.24) is 4.90 Å². The van der Waals surface area contributed by atoms with Crippen molar-refractivity contribution in [3.05, 3.63) is 35.4 Å². The van der Waals surface area contributed by atoms with Crippen LogP contribution in [0.3, 0.4) is 0 Å². The number of amides is 1. The lowest BCUT2D eigenvalue weighted by atomic mass is 10.0. The second kappa shape index (κ2) is 8.30. The van der Waals surface area contributed by atoms with Crippen LogP contribution in [0.2, 0.25) is 0 Å². The maximum absolute atomic E-state index is 12.1. The summed E-state index contributed by atoms with van der Waals surface area (Å²) >= 11 is 3.40. The summed E-state index contributed by atoms with van der Waals surface area (Å²) in [4.78, 5) is 14.0.